The lowest BCUT2D eigenvalue weighted by Crippen LogP contribution is -2.28. The third-order valence-electron chi connectivity index (χ3n) is 5.22. The minimum absolute atomic E-state index is 0.143. The molecule has 10 heteroatoms. The fourth-order valence-electron chi connectivity index (χ4n) is 3.59. The molecule has 0 bridgehead atoms. The van der Waals surface area contributed by atoms with Gasteiger partial charge in [0.25, 0.3) is 5.88 Å². The van der Waals surface area contributed by atoms with Gasteiger partial charge in [-0.05, 0) is 48.5 Å². The molecule has 0 saturated carbocycles. The number of benzene rings is 3. The fraction of sp³-hybridized carbons (Fsp3) is 0.0800. The third-order valence-corrected chi connectivity index (χ3v) is 5.22. The Hall–Kier alpha value is -4.99. The average Bonchev–Trinajstić information content (AvgIpc) is 3.21. The number of anilines is 1. The third kappa shape index (κ3) is 4.32. The maximum absolute atomic E-state index is 13.2. The van der Waals surface area contributed by atoms with Crippen LogP contribution in [0.2, 0.25) is 0 Å². The summed E-state index contributed by atoms with van der Waals surface area (Å²) in [6, 6.07) is 22.3. The van der Waals surface area contributed by atoms with Crippen LogP contribution in [0.3, 0.4) is 0 Å². The predicted octanol–water partition coefficient (Wildman–Crippen LogP) is 3.26. The van der Waals surface area contributed by atoms with E-state index in [0.29, 0.717) is 28.0 Å². The molecule has 5 aromatic rings. The zero-order valence-electron chi connectivity index (χ0n) is 18.5. The Kier molecular flexibility index (Phi) is 5.68. The van der Waals surface area contributed by atoms with Crippen LogP contribution in [0.15, 0.2) is 83.7 Å². The van der Waals surface area contributed by atoms with Gasteiger partial charge in [0, 0.05) is 5.69 Å². The number of fused-ring (bicyclic) bond motifs is 3. The summed E-state index contributed by atoms with van der Waals surface area (Å²) >= 11 is 0. The standard InChI is InChI=1S/C25H19N5O5/c1-34-24(32)16-11-13-17(14-12-16)26-21(31)15-29-25(33)30-20-10-6-5-9-19(20)27-23(22(30)28-29)35-18-7-3-2-4-8-18/h2-14H,15H2,1H3,(H,26,31). The molecular weight excluding hydrogens is 450 g/mol. The number of rotatable bonds is 6. The number of nitrogens with zero attached hydrogens (tertiary/aromatic N) is 4. The second-order valence-corrected chi connectivity index (χ2v) is 7.54. The van der Waals surface area contributed by atoms with Crippen molar-refractivity contribution in [3.8, 4) is 11.6 Å². The maximum atomic E-state index is 13.2. The van der Waals surface area contributed by atoms with Crippen LogP contribution in [0, 0.1) is 0 Å². The Bertz CT molecular complexity index is 1610. The molecule has 0 aliphatic rings. The van der Waals surface area contributed by atoms with Gasteiger partial charge >= 0.3 is 11.7 Å². The summed E-state index contributed by atoms with van der Waals surface area (Å²) in [5.41, 5.74) is 1.58. The van der Waals surface area contributed by atoms with Gasteiger partial charge in [0.05, 0.1) is 23.7 Å². The summed E-state index contributed by atoms with van der Waals surface area (Å²) in [5.74, 6) is -0.269. The van der Waals surface area contributed by atoms with Crippen molar-refractivity contribution >= 4 is 34.2 Å². The van der Waals surface area contributed by atoms with E-state index in [-0.39, 0.29) is 18.1 Å². The fourth-order valence-corrected chi connectivity index (χ4v) is 3.59. The number of esters is 1. The van der Waals surface area contributed by atoms with E-state index in [1.165, 1.54) is 23.6 Å². The molecule has 1 amide bonds. The van der Waals surface area contributed by atoms with E-state index >= 15 is 0 Å². The van der Waals surface area contributed by atoms with Crippen LogP contribution in [0.5, 0.6) is 11.6 Å². The summed E-state index contributed by atoms with van der Waals surface area (Å²) in [7, 11) is 1.29. The van der Waals surface area contributed by atoms with Gasteiger partial charge in [-0.15, -0.1) is 5.10 Å². The Balaban J connectivity index is 1.48. The first kappa shape index (κ1) is 21.8. The van der Waals surface area contributed by atoms with E-state index in [1.54, 1.807) is 42.5 Å². The number of hydrogen-bond donors (Lipinski definition) is 1. The molecule has 0 aliphatic heterocycles. The summed E-state index contributed by atoms with van der Waals surface area (Å²) in [6.07, 6.45) is 0. The van der Waals surface area contributed by atoms with Crippen LogP contribution in [-0.2, 0) is 16.1 Å². The van der Waals surface area contributed by atoms with Crippen LogP contribution in [0.1, 0.15) is 10.4 Å². The summed E-state index contributed by atoms with van der Waals surface area (Å²) < 4.78 is 13.0. The number of aromatic nitrogens is 4. The first-order valence-corrected chi connectivity index (χ1v) is 10.6. The number of nitrogens with one attached hydrogen (secondary N) is 1. The van der Waals surface area contributed by atoms with Crippen molar-refractivity contribution in [3.63, 3.8) is 0 Å². The lowest BCUT2D eigenvalue weighted by atomic mass is 10.2. The minimum Gasteiger partial charge on any atom is -0.465 e. The average molecular weight is 469 g/mol. The zero-order valence-corrected chi connectivity index (χ0v) is 18.5. The number of carbonyl (C=O) groups is 2. The molecule has 3 aromatic carbocycles. The normalized spacial score (nSPS) is 10.9. The van der Waals surface area contributed by atoms with Crippen molar-refractivity contribution < 1.29 is 19.1 Å². The molecular formula is C25H19N5O5. The Morgan fingerprint density at radius 1 is 0.943 bits per heavy atom. The molecule has 5 rings (SSSR count). The van der Waals surface area contributed by atoms with Gasteiger partial charge in [-0.3, -0.25) is 4.79 Å². The second kappa shape index (κ2) is 9.10. The van der Waals surface area contributed by atoms with Crippen LogP contribution >= 0.6 is 0 Å². The van der Waals surface area contributed by atoms with Gasteiger partial charge in [-0.2, -0.15) is 0 Å². The van der Waals surface area contributed by atoms with Crippen molar-refractivity contribution in [1.82, 2.24) is 19.2 Å². The van der Waals surface area contributed by atoms with E-state index in [1.807, 2.05) is 24.3 Å². The molecule has 0 unspecified atom stereocenters. The molecule has 0 atom stereocenters. The van der Waals surface area contributed by atoms with Crippen LogP contribution in [-0.4, -0.2) is 38.2 Å². The molecule has 10 nitrogen and oxygen atoms in total. The van der Waals surface area contributed by atoms with Crippen LogP contribution < -0.4 is 15.7 Å². The Morgan fingerprint density at radius 2 is 1.66 bits per heavy atom. The summed E-state index contributed by atoms with van der Waals surface area (Å²) in [4.78, 5) is 42.0. The first-order valence-electron chi connectivity index (χ1n) is 10.6. The number of carbonyl (C=O) groups excluding carboxylic acids is 2. The minimum atomic E-state index is -0.507. The molecule has 0 saturated heterocycles. The van der Waals surface area contributed by atoms with E-state index < -0.39 is 17.6 Å². The zero-order chi connectivity index (χ0) is 24.4. The van der Waals surface area contributed by atoms with Crippen molar-refractivity contribution in [2.75, 3.05) is 12.4 Å². The van der Waals surface area contributed by atoms with Gasteiger partial charge in [-0.1, -0.05) is 30.3 Å². The molecule has 0 radical (unpaired) electrons. The van der Waals surface area contributed by atoms with Gasteiger partial charge < -0.3 is 14.8 Å². The van der Waals surface area contributed by atoms with Crippen molar-refractivity contribution in [2.24, 2.45) is 0 Å². The van der Waals surface area contributed by atoms with Crippen molar-refractivity contribution in [2.45, 2.75) is 6.54 Å². The molecule has 1 N–H and O–H groups in total. The molecule has 174 valence electrons. The summed E-state index contributed by atoms with van der Waals surface area (Å²) in [6.45, 7) is -0.335. The molecule has 35 heavy (non-hydrogen) atoms. The smallest absolute Gasteiger partial charge is 0.351 e. The highest BCUT2D eigenvalue weighted by atomic mass is 16.5. The highest BCUT2D eigenvalue weighted by molar-refractivity contribution is 5.93. The highest BCUT2D eigenvalue weighted by Crippen LogP contribution is 2.25. The van der Waals surface area contributed by atoms with Crippen molar-refractivity contribution in [1.29, 1.82) is 0 Å². The van der Waals surface area contributed by atoms with E-state index in [2.05, 4.69) is 20.1 Å². The number of para-hydroxylation sites is 3. The molecule has 0 aliphatic carbocycles. The molecule has 0 fully saturated rings. The van der Waals surface area contributed by atoms with E-state index in [0.717, 1.165) is 4.68 Å². The largest absolute Gasteiger partial charge is 0.465 e. The lowest BCUT2D eigenvalue weighted by molar-refractivity contribution is -0.117. The van der Waals surface area contributed by atoms with Gasteiger partial charge in [0.15, 0.2) is 0 Å². The van der Waals surface area contributed by atoms with Gasteiger partial charge in [0.2, 0.25) is 11.6 Å². The lowest BCUT2D eigenvalue weighted by Gasteiger charge is -2.07. The van der Waals surface area contributed by atoms with Gasteiger partial charge in [-0.25, -0.2) is 23.7 Å². The molecule has 2 aromatic heterocycles. The number of hydrogen-bond acceptors (Lipinski definition) is 7. The van der Waals surface area contributed by atoms with Gasteiger partial charge in [0.1, 0.15) is 12.3 Å². The van der Waals surface area contributed by atoms with Crippen LogP contribution in [0.4, 0.5) is 5.69 Å². The topological polar surface area (TPSA) is 117 Å². The number of amides is 1. The SMILES string of the molecule is COC(=O)c1ccc(NC(=O)Cn2nc3c(Oc4ccccc4)nc4ccccc4n3c2=O)cc1. The quantitative estimate of drug-likeness (QED) is 0.379. The first-order chi connectivity index (χ1) is 17.0. The number of ether oxygens (including phenoxy) is 2. The Morgan fingerprint density at radius 3 is 2.40 bits per heavy atom. The number of methoxy groups -OCH3 is 1. The predicted molar refractivity (Wildman–Crippen MR) is 128 cm³/mol. The Labute approximate surface area is 198 Å². The summed E-state index contributed by atoms with van der Waals surface area (Å²) in [5, 5.41) is 7.04. The molecule has 0 spiro atoms. The van der Waals surface area contributed by atoms with Crippen LogP contribution in [0.25, 0.3) is 16.7 Å². The maximum Gasteiger partial charge on any atom is 0.351 e. The molecule has 2 heterocycles. The van der Waals surface area contributed by atoms with E-state index in [4.69, 9.17) is 4.74 Å². The van der Waals surface area contributed by atoms with Crippen molar-refractivity contribution in [3.05, 3.63) is 94.9 Å². The second-order valence-electron chi connectivity index (χ2n) is 7.54. The highest BCUT2D eigenvalue weighted by Gasteiger charge is 2.19. The van der Waals surface area contributed by atoms with E-state index in [9.17, 15) is 14.4 Å². The monoisotopic (exact) mass is 469 g/mol.